The summed E-state index contributed by atoms with van der Waals surface area (Å²) in [5, 5.41) is 19.2. The second kappa shape index (κ2) is 7.15. The Morgan fingerprint density at radius 2 is 1.57 bits per heavy atom. The van der Waals surface area contributed by atoms with E-state index in [9.17, 15) is 10.2 Å². The smallest absolute Gasteiger partial charge is 0.133 e. The molecule has 2 unspecified atom stereocenters. The molecule has 0 heterocycles. The van der Waals surface area contributed by atoms with Gasteiger partial charge in [0, 0.05) is 0 Å². The molecule has 0 aliphatic carbocycles. The molecule has 0 amide bonds. The highest BCUT2D eigenvalue weighted by Crippen LogP contribution is 2.30. The van der Waals surface area contributed by atoms with E-state index in [4.69, 9.17) is 4.74 Å². The largest absolute Gasteiger partial charge is 0.507 e. The highest BCUT2D eigenvalue weighted by Gasteiger charge is 2.12. The van der Waals surface area contributed by atoms with Crippen molar-refractivity contribution in [2.45, 2.75) is 26.1 Å². The Hall–Kier alpha value is -0.540. The fourth-order valence-electron chi connectivity index (χ4n) is 1.91. The van der Waals surface area contributed by atoms with Crippen molar-refractivity contribution >= 4 is 45.2 Å². The van der Waals surface area contributed by atoms with Crippen molar-refractivity contribution in [2.24, 2.45) is 0 Å². The maximum Gasteiger partial charge on any atom is 0.133 e. The Bertz CT molecular complexity index is 641. The standard InChI is InChI=1S/C16H16I2O3/c1-9(19)11-4-6-16(14(18)7-11)21-10(2)12-3-5-15(20)13(17)8-12/h3-10,19-20H,1-2H3. The molecule has 2 rings (SSSR count). The molecule has 0 bridgehead atoms. The zero-order valence-corrected chi connectivity index (χ0v) is 16.0. The molecule has 0 aliphatic rings. The molecule has 2 N–H and O–H groups in total. The lowest BCUT2D eigenvalue weighted by molar-refractivity contribution is 0.198. The maximum absolute atomic E-state index is 9.59. The van der Waals surface area contributed by atoms with E-state index in [0.29, 0.717) is 0 Å². The topological polar surface area (TPSA) is 49.7 Å². The third-order valence-electron chi connectivity index (χ3n) is 3.18. The van der Waals surface area contributed by atoms with Crippen molar-refractivity contribution in [3.05, 3.63) is 54.7 Å². The van der Waals surface area contributed by atoms with Gasteiger partial charge in [-0.3, -0.25) is 0 Å². The second-order valence-corrected chi connectivity index (χ2v) is 7.16. The van der Waals surface area contributed by atoms with Gasteiger partial charge in [0.25, 0.3) is 0 Å². The van der Waals surface area contributed by atoms with E-state index in [1.54, 1.807) is 13.0 Å². The van der Waals surface area contributed by atoms with Crippen LogP contribution < -0.4 is 4.74 Å². The highest BCUT2D eigenvalue weighted by molar-refractivity contribution is 14.1. The SMILES string of the molecule is CC(O)c1ccc(OC(C)c2ccc(O)c(I)c2)c(I)c1. The van der Waals surface area contributed by atoms with Crippen molar-refractivity contribution in [1.29, 1.82) is 0 Å². The Kier molecular flexibility index (Phi) is 5.73. The van der Waals surface area contributed by atoms with Crippen LogP contribution in [0.25, 0.3) is 0 Å². The van der Waals surface area contributed by atoms with Gasteiger partial charge in [0.2, 0.25) is 0 Å². The van der Waals surface area contributed by atoms with Gasteiger partial charge in [-0.05, 0) is 94.4 Å². The van der Waals surface area contributed by atoms with Crippen LogP contribution in [0.15, 0.2) is 36.4 Å². The van der Waals surface area contributed by atoms with E-state index in [2.05, 4.69) is 45.2 Å². The summed E-state index contributed by atoms with van der Waals surface area (Å²) < 4.78 is 7.76. The number of aliphatic hydroxyl groups excluding tert-OH is 1. The molecule has 112 valence electrons. The van der Waals surface area contributed by atoms with Gasteiger partial charge in [-0.2, -0.15) is 0 Å². The van der Waals surface area contributed by atoms with Crippen molar-refractivity contribution in [3.8, 4) is 11.5 Å². The van der Waals surface area contributed by atoms with Crippen LogP contribution in [0.5, 0.6) is 11.5 Å². The van der Waals surface area contributed by atoms with Crippen molar-refractivity contribution in [3.63, 3.8) is 0 Å². The monoisotopic (exact) mass is 510 g/mol. The predicted molar refractivity (Wildman–Crippen MR) is 99.7 cm³/mol. The van der Waals surface area contributed by atoms with Gasteiger partial charge in [0.1, 0.15) is 17.6 Å². The predicted octanol–water partition coefficient (Wildman–Crippen LogP) is 4.79. The Morgan fingerprint density at radius 3 is 2.14 bits per heavy atom. The van der Waals surface area contributed by atoms with E-state index in [1.807, 2.05) is 37.3 Å². The number of benzene rings is 2. The van der Waals surface area contributed by atoms with E-state index in [-0.39, 0.29) is 11.9 Å². The van der Waals surface area contributed by atoms with Gasteiger partial charge < -0.3 is 14.9 Å². The molecular weight excluding hydrogens is 494 g/mol. The molecule has 0 saturated carbocycles. The number of aliphatic hydroxyl groups is 1. The van der Waals surface area contributed by atoms with Crippen LogP contribution in [0.4, 0.5) is 0 Å². The van der Waals surface area contributed by atoms with Crippen LogP contribution in [0.3, 0.4) is 0 Å². The Labute approximate surface area is 151 Å². The average Bonchev–Trinajstić information content (AvgIpc) is 2.43. The number of aromatic hydroxyl groups is 1. The lowest BCUT2D eigenvalue weighted by Crippen LogP contribution is -2.05. The zero-order chi connectivity index (χ0) is 15.6. The molecule has 0 aromatic heterocycles. The van der Waals surface area contributed by atoms with Crippen LogP contribution in [-0.2, 0) is 0 Å². The fraction of sp³-hybridized carbons (Fsp3) is 0.250. The number of hydrogen-bond acceptors (Lipinski definition) is 3. The van der Waals surface area contributed by atoms with Crippen molar-refractivity contribution in [2.75, 3.05) is 0 Å². The number of halogens is 2. The Morgan fingerprint density at radius 1 is 0.952 bits per heavy atom. The van der Waals surface area contributed by atoms with Gasteiger partial charge in [-0.25, -0.2) is 0 Å². The van der Waals surface area contributed by atoms with Crippen LogP contribution in [-0.4, -0.2) is 10.2 Å². The molecule has 21 heavy (non-hydrogen) atoms. The van der Waals surface area contributed by atoms with Crippen molar-refractivity contribution < 1.29 is 14.9 Å². The highest BCUT2D eigenvalue weighted by atomic mass is 127. The Balaban J connectivity index is 2.19. The molecule has 2 aromatic rings. The zero-order valence-electron chi connectivity index (χ0n) is 11.7. The number of ether oxygens (including phenoxy) is 1. The molecule has 0 radical (unpaired) electrons. The first-order valence-electron chi connectivity index (χ1n) is 6.51. The van der Waals surface area contributed by atoms with Gasteiger partial charge in [0.05, 0.1) is 13.2 Å². The van der Waals surface area contributed by atoms with Gasteiger partial charge in [0.15, 0.2) is 0 Å². The normalized spacial score (nSPS) is 13.8. The minimum absolute atomic E-state index is 0.120. The maximum atomic E-state index is 9.59. The summed E-state index contributed by atoms with van der Waals surface area (Å²) in [7, 11) is 0. The molecule has 5 heteroatoms. The first kappa shape index (κ1) is 16.8. The first-order chi connectivity index (χ1) is 9.88. The van der Waals surface area contributed by atoms with Crippen LogP contribution in [0.1, 0.15) is 37.2 Å². The second-order valence-electron chi connectivity index (χ2n) is 4.84. The summed E-state index contributed by atoms with van der Waals surface area (Å²) in [6.07, 6.45) is -0.603. The van der Waals surface area contributed by atoms with Crippen LogP contribution in [0, 0.1) is 7.14 Å². The summed E-state index contributed by atoms with van der Waals surface area (Å²) >= 11 is 4.30. The molecule has 3 nitrogen and oxygen atoms in total. The van der Waals surface area contributed by atoms with Crippen LogP contribution in [0.2, 0.25) is 0 Å². The van der Waals surface area contributed by atoms with Gasteiger partial charge >= 0.3 is 0 Å². The summed E-state index contributed by atoms with van der Waals surface area (Å²) in [6.45, 7) is 3.72. The minimum atomic E-state index is -0.483. The third-order valence-corrected chi connectivity index (χ3v) is 4.89. The number of phenols is 1. The third kappa shape index (κ3) is 4.23. The van der Waals surface area contributed by atoms with Gasteiger partial charge in [-0.15, -0.1) is 0 Å². The summed E-state index contributed by atoms with van der Waals surface area (Å²) in [6, 6.07) is 11.1. The number of phenolic OH excluding ortho intramolecular Hbond substituents is 1. The summed E-state index contributed by atoms with van der Waals surface area (Å²) in [4.78, 5) is 0. The van der Waals surface area contributed by atoms with E-state index < -0.39 is 6.10 Å². The molecule has 0 spiro atoms. The van der Waals surface area contributed by atoms with E-state index in [1.165, 1.54) is 0 Å². The first-order valence-corrected chi connectivity index (χ1v) is 8.67. The minimum Gasteiger partial charge on any atom is -0.507 e. The molecular formula is C16H16I2O3. The van der Waals surface area contributed by atoms with Crippen molar-refractivity contribution in [1.82, 2.24) is 0 Å². The van der Waals surface area contributed by atoms with E-state index >= 15 is 0 Å². The molecule has 2 aromatic carbocycles. The quantitative estimate of drug-likeness (QED) is 0.582. The lowest BCUT2D eigenvalue weighted by atomic mass is 10.1. The lowest BCUT2D eigenvalue weighted by Gasteiger charge is -2.17. The molecule has 0 saturated heterocycles. The number of hydrogen-bond donors (Lipinski definition) is 2. The molecule has 2 atom stereocenters. The fourth-order valence-corrected chi connectivity index (χ4v) is 3.11. The average molecular weight is 510 g/mol. The van der Waals surface area contributed by atoms with Crippen LogP contribution >= 0.6 is 45.2 Å². The molecule has 0 aliphatic heterocycles. The summed E-state index contributed by atoms with van der Waals surface area (Å²) in [5.41, 5.74) is 1.88. The summed E-state index contributed by atoms with van der Waals surface area (Å²) in [5.74, 6) is 1.07. The molecule has 0 fully saturated rings. The van der Waals surface area contributed by atoms with Gasteiger partial charge in [-0.1, -0.05) is 12.1 Å². The number of rotatable bonds is 4. The van der Waals surface area contributed by atoms with E-state index in [0.717, 1.165) is 24.0 Å².